The Hall–Kier alpha value is -1.69. The third-order valence-electron chi connectivity index (χ3n) is 3.01. The van der Waals surface area contributed by atoms with Crippen LogP contribution < -0.4 is 0 Å². The Bertz CT molecular complexity index is 474. The number of aromatic hydroxyl groups is 1. The first-order valence-corrected chi connectivity index (χ1v) is 7.13. The van der Waals surface area contributed by atoms with Crippen molar-refractivity contribution >= 4 is 23.6 Å². The number of benzene rings is 1. The molecule has 19 heavy (non-hydrogen) atoms. The van der Waals surface area contributed by atoms with Crippen LogP contribution >= 0.6 is 11.8 Å². The minimum absolute atomic E-state index is 0.0309. The van der Waals surface area contributed by atoms with E-state index in [0.29, 0.717) is 17.9 Å². The summed E-state index contributed by atoms with van der Waals surface area (Å²) in [5.41, 5.74) is 0.472. The van der Waals surface area contributed by atoms with Crippen LogP contribution in [-0.2, 0) is 4.79 Å². The molecule has 2 N–H and O–H groups in total. The second-order valence-corrected chi connectivity index (χ2v) is 5.52. The summed E-state index contributed by atoms with van der Waals surface area (Å²) in [6.45, 7) is 0.558. The van der Waals surface area contributed by atoms with Gasteiger partial charge in [-0.25, -0.2) is 0 Å². The number of phenols is 1. The summed E-state index contributed by atoms with van der Waals surface area (Å²) in [7, 11) is 0. The number of carbonyl (C=O) groups excluding carboxylic acids is 1. The molecule has 6 heteroatoms. The molecule has 1 saturated heterocycles. The minimum atomic E-state index is -0.893. The lowest BCUT2D eigenvalue weighted by atomic mass is 10.1. The standard InChI is InChI=1S/C13H15NO4S/c15-11-3-1-9(2-4-11)13(18)14-5-6-19-8-10(14)7-12(16)17/h1-4,10,15H,5-8H2,(H,16,17). The van der Waals surface area contributed by atoms with E-state index in [1.165, 1.54) is 12.1 Å². The maximum atomic E-state index is 12.3. The van der Waals surface area contributed by atoms with Crippen molar-refractivity contribution in [3.8, 4) is 5.75 Å². The van der Waals surface area contributed by atoms with Crippen LogP contribution in [0.4, 0.5) is 0 Å². The Morgan fingerprint density at radius 2 is 2.00 bits per heavy atom. The molecule has 0 aliphatic carbocycles. The molecule has 1 aliphatic heterocycles. The number of thioether (sulfide) groups is 1. The molecule has 1 heterocycles. The lowest BCUT2D eigenvalue weighted by molar-refractivity contribution is -0.138. The van der Waals surface area contributed by atoms with Crippen LogP contribution in [0.1, 0.15) is 16.8 Å². The molecule has 0 saturated carbocycles. The number of phenolic OH excluding ortho intramolecular Hbond substituents is 1. The van der Waals surface area contributed by atoms with Crippen molar-refractivity contribution < 1.29 is 19.8 Å². The minimum Gasteiger partial charge on any atom is -0.508 e. The fraction of sp³-hybridized carbons (Fsp3) is 0.385. The smallest absolute Gasteiger partial charge is 0.305 e. The quantitative estimate of drug-likeness (QED) is 0.876. The van der Waals surface area contributed by atoms with Gasteiger partial charge in [-0.1, -0.05) is 0 Å². The molecule has 1 atom stereocenters. The molecule has 0 bridgehead atoms. The molecule has 0 aromatic heterocycles. The summed E-state index contributed by atoms with van der Waals surface area (Å²) in [5.74, 6) is 0.506. The normalized spacial score (nSPS) is 19.2. The highest BCUT2D eigenvalue weighted by Crippen LogP contribution is 2.22. The highest BCUT2D eigenvalue weighted by molar-refractivity contribution is 7.99. The number of hydrogen-bond donors (Lipinski definition) is 2. The second-order valence-electron chi connectivity index (χ2n) is 4.37. The second kappa shape index (κ2) is 5.97. The summed E-state index contributed by atoms with van der Waals surface area (Å²) in [4.78, 5) is 24.8. The molecule has 1 aliphatic rings. The Labute approximate surface area is 115 Å². The molecular formula is C13H15NO4S. The first kappa shape index (κ1) is 13.7. The maximum Gasteiger partial charge on any atom is 0.305 e. The zero-order chi connectivity index (χ0) is 13.8. The van der Waals surface area contributed by atoms with E-state index in [2.05, 4.69) is 0 Å². The van der Waals surface area contributed by atoms with E-state index >= 15 is 0 Å². The number of aliphatic carboxylic acids is 1. The molecule has 5 nitrogen and oxygen atoms in total. The number of amides is 1. The lowest BCUT2D eigenvalue weighted by Crippen LogP contribution is -2.47. The van der Waals surface area contributed by atoms with Crippen molar-refractivity contribution in [2.75, 3.05) is 18.1 Å². The molecule has 0 radical (unpaired) electrons. The first-order valence-electron chi connectivity index (χ1n) is 5.97. The van der Waals surface area contributed by atoms with Crippen molar-refractivity contribution in [2.24, 2.45) is 0 Å². The number of carbonyl (C=O) groups is 2. The monoisotopic (exact) mass is 281 g/mol. The Morgan fingerprint density at radius 3 is 2.63 bits per heavy atom. The number of carboxylic acids is 1. The number of hydrogen-bond acceptors (Lipinski definition) is 4. The number of nitrogens with zero attached hydrogens (tertiary/aromatic N) is 1. The molecule has 1 amide bonds. The topological polar surface area (TPSA) is 77.8 Å². The summed E-state index contributed by atoms with van der Waals surface area (Å²) >= 11 is 1.67. The summed E-state index contributed by atoms with van der Waals surface area (Å²) in [5, 5.41) is 18.1. The maximum absolute atomic E-state index is 12.3. The van der Waals surface area contributed by atoms with E-state index in [4.69, 9.17) is 5.11 Å². The number of rotatable bonds is 3. The van der Waals surface area contributed by atoms with Gasteiger partial charge in [-0.15, -0.1) is 0 Å². The van der Waals surface area contributed by atoms with Gasteiger partial charge in [0.15, 0.2) is 0 Å². The van der Waals surface area contributed by atoms with E-state index in [1.807, 2.05) is 0 Å². The summed E-state index contributed by atoms with van der Waals surface area (Å²) in [6, 6.07) is 5.75. The average Bonchev–Trinajstić information content (AvgIpc) is 2.39. The predicted molar refractivity (Wildman–Crippen MR) is 72.5 cm³/mol. The fourth-order valence-corrected chi connectivity index (χ4v) is 3.13. The van der Waals surface area contributed by atoms with E-state index in [1.54, 1.807) is 28.8 Å². The van der Waals surface area contributed by atoms with Gasteiger partial charge in [-0.2, -0.15) is 11.8 Å². The third-order valence-corrected chi connectivity index (χ3v) is 4.10. The van der Waals surface area contributed by atoms with Crippen molar-refractivity contribution in [3.05, 3.63) is 29.8 Å². The molecule has 1 fully saturated rings. The molecule has 2 rings (SSSR count). The molecule has 1 aromatic carbocycles. The molecular weight excluding hydrogens is 266 g/mol. The highest BCUT2D eigenvalue weighted by Gasteiger charge is 2.29. The van der Waals surface area contributed by atoms with Crippen LogP contribution in [0.2, 0.25) is 0 Å². The highest BCUT2D eigenvalue weighted by atomic mass is 32.2. The SMILES string of the molecule is O=C(O)CC1CSCCN1C(=O)c1ccc(O)cc1. The van der Waals surface area contributed by atoms with Crippen LogP contribution in [-0.4, -0.2) is 51.1 Å². The summed E-state index contributed by atoms with van der Waals surface area (Å²) in [6.07, 6.45) is -0.0309. The zero-order valence-electron chi connectivity index (χ0n) is 10.3. The van der Waals surface area contributed by atoms with E-state index in [-0.39, 0.29) is 24.1 Å². The summed E-state index contributed by atoms with van der Waals surface area (Å²) < 4.78 is 0. The van der Waals surface area contributed by atoms with Crippen molar-refractivity contribution in [1.82, 2.24) is 4.90 Å². The first-order chi connectivity index (χ1) is 9.08. The van der Waals surface area contributed by atoms with Crippen molar-refractivity contribution in [3.63, 3.8) is 0 Å². The Morgan fingerprint density at radius 1 is 1.32 bits per heavy atom. The van der Waals surface area contributed by atoms with E-state index in [9.17, 15) is 14.7 Å². The van der Waals surface area contributed by atoms with Gasteiger partial charge in [-0.05, 0) is 24.3 Å². The van der Waals surface area contributed by atoms with E-state index in [0.717, 1.165) is 5.75 Å². The van der Waals surface area contributed by atoms with Crippen molar-refractivity contribution in [2.45, 2.75) is 12.5 Å². The van der Waals surface area contributed by atoms with Gasteiger partial charge in [-0.3, -0.25) is 9.59 Å². The molecule has 0 spiro atoms. The van der Waals surface area contributed by atoms with Crippen LogP contribution in [0.25, 0.3) is 0 Å². The Balaban J connectivity index is 2.15. The van der Waals surface area contributed by atoms with Gasteiger partial charge < -0.3 is 15.1 Å². The van der Waals surface area contributed by atoms with Crippen LogP contribution in [0, 0.1) is 0 Å². The molecule has 1 unspecified atom stereocenters. The molecule has 1 aromatic rings. The van der Waals surface area contributed by atoms with Gasteiger partial charge >= 0.3 is 5.97 Å². The molecule has 102 valence electrons. The third kappa shape index (κ3) is 3.41. The van der Waals surface area contributed by atoms with Crippen LogP contribution in [0.3, 0.4) is 0 Å². The van der Waals surface area contributed by atoms with Gasteiger partial charge in [0.1, 0.15) is 5.75 Å². The van der Waals surface area contributed by atoms with Crippen LogP contribution in [0.15, 0.2) is 24.3 Å². The van der Waals surface area contributed by atoms with Gasteiger partial charge in [0.05, 0.1) is 12.5 Å². The average molecular weight is 281 g/mol. The zero-order valence-corrected chi connectivity index (χ0v) is 11.1. The van der Waals surface area contributed by atoms with Gasteiger partial charge in [0.25, 0.3) is 5.91 Å². The van der Waals surface area contributed by atoms with Gasteiger partial charge in [0.2, 0.25) is 0 Å². The lowest BCUT2D eigenvalue weighted by Gasteiger charge is -2.34. The largest absolute Gasteiger partial charge is 0.508 e. The Kier molecular flexibility index (Phi) is 4.31. The van der Waals surface area contributed by atoms with Crippen molar-refractivity contribution in [1.29, 1.82) is 0 Å². The van der Waals surface area contributed by atoms with Gasteiger partial charge in [0, 0.05) is 23.6 Å². The number of carboxylic acid groups (broad SMARTS) is 1. The fourth-order valence-electron chi connectivity index (χ4n) is 2.06. The van der Waals surface area contributed by atoms with Crippen LogP contribution in [0.5, 0.6) is 5.75 Å². The predicted octanol–water partition coefficient (Wildman–Crippen LogP) is 1.42. The van der Waals surface area contributed by atoms with E-state index < -0.39 is 5.97 Å².